The van der Waals surface area contributed by atoms with E-state index in [1.807, 2.05) is 30.3 Å². The lowest BCUT2D eigenvalue weighted by molar-refractivity contribution is 0.0732. The summed E-state index contributed by atoms with van der Waals surface area (Å²) in [6.45, 7) is 0. The van der Waals surface area contributed by atoms with Crippen molar-refractivity contribution in [3.8, 4) is 11.5 Å². The van der Waals surface area contributed by atoms with Gasteiger partial charge in [-0.25, -0.2) is 9.63 Å². The van der Waals surface area contributed by atoms with E-state index in [0.717, 1.165) is 10.8 Å². The van der Waals surface area contributed by atoms with Crippen molar-refractivity contribution in [2.45, 2.75) is 4.90 Å². The van der Waals surface area contributed by atoms with Gasteiger partial charge >= 0.3 is 5.97 Å². The maximum absolute atomic E-state index is 12.9. The third-order valence-corrected chi connectivity index (χ3v) is 6.08. The van der Waals surface area contributed by atoms with Crippen molar-refractivity contribution >= 4 is 33.0 Å². The van der Waals surface area contributed by atoms with Crippen LogP contribution in [0.1, 0.15) is 15.9 Å². The molecule has 0 fully saturated rings. The van der Waals surface area contributed by atoms with Gasteiger partial charge in [-0.05, 0) is 52.7 Å². The molecule has 33 heavy (non-hydrogen) atoms. The number of carbonyl (C=O) groups excluding carboxylic acids is 1. The highest BCUT2D eigenvalue weighted by atomic mass is 32.2. The molecular formula is C25H20N2O5S. The fourth-order valence-electron chi connectivity index (χ4n) is 3.23. The van der Waals surface area contributed by atoms with Crippen LogP contribution in [0, 0.1) is 0 Å². The quantitative estimate of drug-likeness (QED) is 0.191. The number of hydrogen-bond donors (Lipinski definition) is 1. The van der Waals surface area contributed by atoms with Gasteiger partial charge in [-0.15, -0.1) is 0 Å². The summed E-state index contributed by atoms with van der Waals surface area (Å²) in [4.78, 5) is 15.2. The van der Waals surface area contributed by atoms with E-state index in [9.17, 15) is 13.2 Å². The second-order valence-electron chi connectivity index (χ2n) is 6.99. The van der Waals surface area contributed by atoms with Crippen LogP contribution in [0.2, 0.25) is 0 Å². The molecule has 0 heterocycles. The van der Waals surface area contributed by atoms with Crippen molar-refractivity contribution in [2.24, 2.45) is 5.10 Å². The van der Waals surface area contributed by atoms with Crippen molar-refractivity contribution in [1.82, 2.24) is 4.83 Å². The standard InChI is InChI=1S/C25H20N2O5S/c1-31-23-15-14-18(17-26-27-33(29,30)20-10-3-2-4-11-20)16-24(23)32-25(28)22-13-7-9-19-8-5-6-12-21(19)22/h2-17,27H,1H3. The molecule has 0 saturated carbocycles. The van der Waals surface area contributed by atoms with Gasteiger partial charge in [0.1, 0.15) is 0 Å². The van der Waals surface area contributed by atoms with Gasteiger partial charge in [0.05, 0.1) is 23.8 Å². The van der Waals surface area contributed by atoms with Crippen LogP contribution in [0.4, 0.5) is 0 Å². The first-order valence-electron chi connectivity index (χ1n) is 9.96. The molecule has 0 aliphatic heterocycles. The zero-order valence-electron chi connectivity index (χ0n) is 17.6. The van der Waals surface area contributed by atoms with Gasteiger partial charge in [-0.2, -0.15) is 13.5 Å². The summed E-state index contributed by atoms with van der Waals surface area (Å²) in [6.07, 6.45) is 1.31. The lowest BCUT2D eigenvalue weighted by atomic mass is 10.0. The molecule has 0 radical (unpaired) electrons. The molecule has 166 valence electrons. The smallest absolute Gasteiger partial charge is 0.344 e. The Morgan fingerprint density at radius 3 is 2.39 bits per heavy atom. The van der Waals surface area contributed by atoms with Crippen molar-refractivity contribution < 1.29 is 22.7 Å². The van der Waals surface area contributed by atoms with Crippen LogP contribution in [0.3, 0.4) is 0 Å². The fourth-order valence-corrected chi connectivity index (χ4v) is 4.05. The monoisotopic (exact) mass is 460 g/mol. The topological polar surface area (TPSA) is 94.1 Å². The largest absolute Gasteiger partial charge is 0.493 e. The summed E-state index contributed by atoms with van der Waals surface area (Å²) in [5, 5.41) is 5.52. The number of ether oxygens (including phenoxy) is 2. The molecule has 1 N–H and O–H groups in total. The van der Waals surface area contributed by atoms with Crippen LogP contribution in [0.15, 0.2) is 101 Å². The van der Waals surface area contributed by atoms with E-state index in [2.05, 4.69) is 9.93 Å². The van der Waals surface area contributed by atoms with Crippen molar-refractivity contribution in [2.75, 3.05) is 7.11 Å². The first-order chi connectivity index (χ1) is 16.0. The minimum Gasteiger partial charge on any atom is -0.493 e. The zero-order valence-corrected chi connectivity index (χ0v) is 18.5. The molecule has 0 aliphatic rings. The Morgan fingerprint density at radius 1 is 0.879 bits per heavy atom. The van der Waals surface area contributed by atoms with E-state index < -0.39 is 16.0 Å². The number of hydrogen-bond acceptors (Lipinski definition) is 6. The lowest BCUT2D eigenvalue weighted by Crippen LogP contribution is -2.18. The Hall–Kier alpha value is -4.17. The lowest BCUT2D eigenvalue weighted by Gasteiger charge is -2.11. The van der Waals surface area contributed by atoms with E-state index in [-0.39, 0.29) is 10.6 Å². The first-order valence-corrected chi connectivity index (χ1v) is 11.4. The molecule has 8 heteroatoms. The number of nitrogens with one attached hydrogen (secondary N) is 1. The van der Waals surface area contributed by atoms with Crippen LogP contribution in [-0.4, -0.2) is 27.7 Å². The molecule has 0 saturated heterocycles. The summed E-state index contributed by atoms with van der Waals surface area (Å²) in [7, 11) is -2.32. The highest BCUT2D eigenvalue weighted by molar-refractivity contribution is 7.89. The Morgan fingerprint density at radius 2 is 1.61 bits per heavy atom. The molecule has 0 amide bonds. The van der Waals surface area contributed by atoms with Crippen molar-refractivity contribution in [3.05, 3.63) is 102 Å². The highest BCUT2D eigenvalue weighted by Crippen LogP contribution is 2.29. The number of hydrazone groups is 1. The molecule has 0 atom stereocenters. The van der Waals surface area contributed by atoms with E-state index in [1.54, 1.807) is 48.5 Å². The van der Waals surface area contributed by atoms with Crippen LogP contribution in [-0.2, 0) is 10.0 Å². The number of methoxy groups -OCH3 is 1. The van der Waals surface area contributed by atoms with Crippen LogP contribution in [0.25, 0.3) is 10.8 Å². The molecule has 0 bridgehead atoms. The zero-order chi connectivity index (χ0) is 23.3. The molecule has 4 aromatic carbocycles. The molecule has 0 unspecified atom stereocenters. The third kappa shape index (κ3) is 5.02. The van der Waals surface area contributed by atoms with E-state index >= 15 is 0 Å². The molecule has 4 rings (SSSR count). The molecular weight excluding hydrogens is 440 g/mol. The first kappa shape index (κ1) is 22.0. The van der Waals surface area contributed by atoms with Gasteiger partial charge in [0, 0.05) is 0 Å². The second kappa shape index (κ2) is 9.54. The number of rotatable bonds is 7. The number of nitrogens with zero attached hydrogens (tertiary/aromatic N) is 1. The fraction of sp³-hybridized carbons (Fsp3) is 0.0400. The summed E-state index contributed by atoms with van der Waals surface area (Å²) < 4.78 is 35.5. The summed E-state index contributed by atoms with van der Waals surface area (Å²) in [6, 6.07) is 25.6. The third-order valence-electron chi connectivity index (χ3n) is 4.84. The SMILES string of the molecule is COc1ccc(C=NNS(=O)(=O)c2ccccc2)cc1OC(=O)c1cccc2ccccc12. The predicted octanol–water partition coefficient (Wildman–Crippen LogP) is 4.38. The normalized spacial score (nSPS) is 11.4. The van der Waals surface area contributed by atoms with Gasteiger partial charge in [-0.3, -0.25) is 0 Å². The number of carbonyl (C=O) groups is 1. The van der Waals surface area contributed by atoms with Gasteiger partial charge in [0.2, 0.25) is 0 Å². The summed E-state index contributed by atoms with van der Waals surface area (Å²) >= 11 is 0. The van der Waals surface area contributed by atoms with E-state index in [1.165, 1.54) is 25.5 Å². The Bertz CT molecular complexity index is 1430. The summed E-state index contributed by atoms with van der Waals surface area (Å²) in [5.74, 6) is -0.000118. The predicted molar refractivity (Wildman–Crippen MR) is 126 cm³/mol. The average Bonchev–Trinajstić information content (AvgIpc) is 2.84. The number of fused-ring (bicyclic) bond motifs is 1. The minimum atomic E-state index is -3.79. The van der Waals surface area contributed by atoms with Crippen molar-refractivity contribution in [1.29, 1.82) is 0 Å². The summed E-state index contributed by atoms with van der Waals surface area (Å²) in [5.41, 5.74) is 0.928. The second-order valence-corrected chi connectivity index (χ2v) is 8.65. The van der Waals surface area contributed by atoms with Gasteiger partial charge in [-0.1, -0.05) is 54.6 Å². The maximum atomic E-state index is 12.9. The Balaban J connectivity index is 1.56. The molecule has 0 aliphatic carbocycles. The molecule has 0 aromatic heterocycles. The van der Waals surface area contributed by atoms with E-state index in [0.29, 0.717) is 16.9 Å². The number of sulfonamides is 1. The maximum Gasteiger partial charge on any atom is 0.344 e. The van der Waals surface area contributed by atoms with Crippen LogP contribution < -0.4 is 14.3 Å². The number of benzene rings is 4. The van der Waals surface area contributed by atoms with Gasteiger partial charge < -0.3 is 9.47 Å². The Kier molecular flexibility index (Phi) is 6.37. The molecule has 4 aromatic rings. The Labute approximate surface area is 191 Å². The number of esters is 1. The van der Waals surface area contributed by atoms with Crippen molar-refractivity contribution in [3.63, 3.8) is 0 Å². The van der Waals surface area contributed by atoms with E-state index in [4.69, 9.17) is 9.47 Å². The van der Waals surface area contributed by atoms with Gasteiger partial charge in [0.25, 0.3) is 10.0 Å². The highest BCUT2D eigenvalue weighted by Gasteiger charge is 2.16. The molecule has 7 nitrogen and oxygen atoms in total. The average molecular weight is 461 g/mol. The minimum absolute atomic E-state index is 0.0987. The van der Waals surface area contributed by atoms with Crippen LogP contribution in [0.5, 0.6) is 11.5 Å². The van der Waals surface area contributed by atoms with Gasteiger partial charge in [0.15, 0.2) is 11.5 Å². The van der Waals surface area contributed by atoms with Crippen LogP contribution >= 0.6 is 0 Å². The molecule has 0 spiro atoms.